The first-order chi connectivity index (χ1) is 7.22. The molecule has 1 aromatic rings. The second-order valence-corrected chi connectivity index (χ2v) is 4.02. The van der Waals surface area contributed by atoms with E-state index in [1.165, 1.54) is 0 Å². The minimum atomic E-state index is -0.0699. The zero-order valence-corrected chi connectivity index (χ0v) is 8.90. The fraction of sp³-hybridized carbons (Fsp3) is 0.417. The second kappa shape index (κ2) is 3.93. The third-order valence-corrected chi connectivity index (χ3v) is 2.65. The Hall–Kier alpha value is -1.51. The number of aldehydes is 1. The van der Waals surface area contributed by atoms with E-state index in [0.717, 1.165) is 23.3 Å². The van der Waals surface area contributed by atoms with Gasteiger partial charge in [0.2, 0.25) is 6.79 Å². The lowest BCUT2D eigenvalue weighted by Gasteiger charge is -2.14. The molecule has 0 saturated heterocycles. The van der Waals surface area contributed by atoms with Gasteiger partial charge in [-0.1, -0.05) is 19.9 Å². The molecule has 1 atom stereocenters. The zero-order chi connectivity index (χ0) is 10.8. The van der Waals surface area contributed by atoms with Crippen LogP contribution in [0.1, 0.15) is 25.3 Å². The number of fused-ring (bicyclic) bond motifs is 1. The van der Waals surface area contributed by atoms with Crippen LogP contribution in [0.4, 0.5) is 0 Å². The minimum absolute atomic E-state index is 0.0699. The number of benzene rings is 1. The van der Waals surface area contributed by atoms with Gasteiger partial charge in [-0.2, -0.15) is 0 Å². The number of rotatable bonds is 3. The van der Waals surface area contributed by atoms with Gasteiger partial charge < -0.3 is 14.3 Å². The molecule has 3 heteroatoms. The average Bonchev–Trinajstić information content (AvgIpc) is 2.65. The maximum atomic E-state index is 11.0. The van der Waals surface area contributed by atoms with Crippen LogP contribution in [0.5, 0.6) is 11.5 Å². The van der Waals surface area contributed by atoms with E-state index >= 15 is 0 Å². The summed E-state index contributed by atoms with van der Waals surface area (Å²) in [6, 6.07) is 5.67. The molecule has 0 bridgehead atoms. The largest absolute Gasteiger partial charge is 0.454 e. The van der Waals surface area contributed by atoms with Gasteiger partial charge in [-0.3, -0.25) is 0 Å². The monoisotopic (exact) mass is 206 g/mol. The molecule has 0 amide bonds. The Balaban J connectivity index is 2.32. The predicted octanol–water partition coefficient (Wildman–Crippen LogP) is 2.35. The summed E-state index contributed by atoms with van der Waals surface area (Å²) in [5.41, 5.74) is 0.990. The Bertz CT molecular complexity index is 371. The highest BCUT2D eigenvalue weighted by atomic mass is 16.7. The fourth-order valence-electron chi connectivity index (χ4n) is 1.74. The molecular formula is C12H14O3. The highest BCUT2D eigenvalue weighted by Crippen LogP contribution is 2.35. The number of hydrogen-bond acceptors (Lipinski definition) is 3. The highest BCUT2D eigenvalue weighted by molar-refractivity contribution is 5.64. The zero-order valence-electron chi connectivity index (χ0n) is 8.90. The molecule has 2 rings (SSSR count). The molecule has 1 aliphatic rings. The minimum Gasteiger partial charge on any atom is -0.454 e. The van der Waals surface area contributed by atoms with Crippen molar-refractivity contribution in [3.63, 3.8) is 0 Å². The SMILES string of the molecule is CC(C)C(C=O)c1ccc2c(c1)OCO2. The van der Waals surface area contributed by atoms with Crippen LogP contribution in [0.15, 0.2) is 18.2 Å². The predicted molar refractivity (Wildman–Crippen MR) is 56.2 cm³/mol. The number of carbonyl (C=O) groups excluding carboxylic acids is 1. The van der Waals surface area contributed by atoms with Crippen LogP contribution in [-0.4, -0.2) is 13.1 Å². The van der Waals surface area contributed by atoms with Crippen LogP contribution in [-0.2, 0) is 4.79 Å². The molecule has 0 saturated carbocycles. The molecule has 1 heterocycles. The van der Waals surface area contributed by atoms with E-state index in [2.05, 4.69) is 0 Å². The van der Waals surface area contributed by atoms with E-state index in [9.17, 15) is 4.79 Å². The molecule has 1 aliphatic heterocycles. The molecule has 0 aromatic heterocycles. The molecule has 1 aromatic carbocycles. The molecular weight excluding hydrogens is 192 g/mol. The topological polar surface area (TPSA) is 35.5 Å². The summed E-state index contributed by atoms with van der Waals surface area (Å²) in [5.74, 6) is 1.72. The average molecular weight is 206 g/mol. The number of carbonyl (C=O) groups is 1. The van der Waals surface area contributed by atoms with Crippen molar-refractivity contribution in [2.24, 2.45) is 5.92 Å². The lowest BCUT2D eigenvalue weighted by atomic mass is 9.90. The lowest BCUT2D eigenvalue weighted by Crippen LogP contribution is -2.07. The first-order valence-corrected chi connectivity index (χ1v) is 5.07. The van der Waals surface area contributed by atoms with Crippen LogP contribution >= 0.6 is 0 Å². The molecule has 0 N–H and O–H groups in total. The van der Waals surface area contributed by atoms with E-state index in [0.29, 0.717) is 5.92 Å². The van der Waals surface area contributed by atoms with Crippen LogP contribution in [0.2, 0.25) is 0 Å². The first-order valence-electron chi connectivity index (χ1n) is 5.07. The van der Waals surface area contributed by atoms with Crippen molar-refractivity contribution >= 4 is 6.29 Å². The highest BCUT2D eigenvalue weighted by Gasteiger charge is 2.19. The van der Waals surface area contributed by atoms with Crippen LogP contribution in [0, 0.1) is 5.92 Å². The normalized spacial score (nSPS) is 15.4. The summed E-state index contributed by atoms with van der Waals surface area (Å²) in [6.07, 6.45) is 0.988. The van der Waals surface area contributed by atoms with Gasteiger partial charge in [0.1, 0.15) is 6.29 Å². The van der Waals surface area contributed by atoms with Crippen molar-refractivity contribution in [3.8, 4) is 11.5 Å². The molecule has 15 heavy (non-hydrogen) atoms. The third-order valence-electron chi connectivity index (χ3n) is 2.65. The number of hydrogen-bond donors (Lipinski definition) is 0. The van der Waals surface area contributed by atoms with Gasteiger partial charge in [0.25, 0.3) is 0 Å². The van der Waals surface area contributed by atoms with Gasteiger partial charge in [0.15, 0.2) is 11.5 Å². The van der Waals surface area contributed by atoms with E-state index in [-0.39, 0.29) is 12.7 Å². The van der Waals surface area contributed by atoms with Crippen molar-refractivity contribution in [3.05, 3.63) is 23.8 Å². The smallest absolute Gasteiger partial charge is 0.231 e. The van der Waals surface area contributed by atoms with Gasteiger partial charge in [-0.25, -0.2) is 0 Å². The third kappa shape index (κ3) is 1.82. The fourth-order valence-corrected chi connectivity index (χ4v) is 1.74. The Morgan fingerprint density at radius 1 is 1.27 bits per heavy atom. The van der Waals surface area contributed by atoms with Gasteiger partial charge in [0.05, 0.1) is 0 Å². The maximum Gasteiger partial charge on any atom is 0.231 e. The molecule has 1 unspecified atom stereocenters. The van der Waals surface area contributed by atoms with Crippen LogP contribution < -0.4 is 9.47 Å². The molecule has 0 radical (unpaired) electrons. The van der Waals surface area contributed by atoms with Crippen molar-refractivity contribution in [1.82, 2.24) is 0 Å². The van der Waals surface area contributed by atoms with Crippen molar-refractivity contribution < 1.29 is 14.3 Å². The van der Waals surface area contributed by atoms with Crippen molar-refractivity contribution in [2.75, 3.05) is 6.79 Å². The van der Waals surface area contributed by atoms with Gasteiger partial charge in [-0.15, -0.1) is 0 Å². The van der Waals surface area contributed by atoms with E-state index < -0.39 is 0 Å². The first kappa shape index (κ1) is 10.0. The van der Waals surface area contributed by atoms with Crippen LogP contribution in [0.25, 0.3) is 0 Å². The maximum absolute atomic E-state index is 11.0. The Morgan fingerprint density at radius 2 is 2.00 bits per heavy atom. The quantitative estimate of drug-likeness (QED) is 0.712. The summed E-state index contributed by atoms with van der Waals surface area (Å²) in [7, 11) is 0. The number of ether oxygens (including phenoxy) is 2. The molecule has 0 spiro atoms. The molecule has 0 aliphatic carbocycles. The summed E-state index contributed by atoms with van der Waals surface area (Å²) < 4.78 is 10.5. The van der Waals surface area contributed by atoms with E-state index in [4.69, 9.17) is 9.47 Å². The van der Waals surface area contributed by atoms with E-state index in [1.807, 2.05) is 32.0 Å². The molecule has 0 fully saturated rings. The summed E-state index contributed by atoms with van der Waals surface area (Å²) >= 11 is 0. The van der Waals surface area contributed by atoms with Gasteiger partial charge in [-0.05, 0) is 23.6 Å². The Kier molecular flexibility index (Phi) is 2.62. The summed E-state index contributed by atoms with van der Waals surface area (Å²) in [5, 5.41) is 0. The summed E-state index contributed by atoms with van der Waals surface area (Å²) in [6.45, 7) is 4.33. The Labute approximate surface area is 89.0 Å². The molecule has 3 nitrogen and oxygen atoms in total. The van der Waals surface area contributed by atoms with Crippen LogP contribution in [0.3, 0.4) is 0 Å². The van der Waals surface area contributed by atoms with Gasteiger partial charge in [0, 0.05) is 5.92 Å². The lowest BCUT2D eigenvalue weighted by molar-refractivity contribution is -0.109. The van der Waals surface area contributed by atoms with Crippen molar-refractivity contribution in [2.45, 2.75) is 19.8 Å². The molecule has 80 valence electrons. The second-order valence-electron chi connectivity index (χ2n) is 4.02. The standard InChI is InChI=1S/C12H14O3/c1-8(2)10(6-13)9-3-4-11-12(5-9)15-7-14-11/h3-6,8,10H,7H2,1-2H3. The summed E-state index contributed by atoms with van der Waals surface area (Å²) in [4.78, 5) is 11.0. The van der Waals surface area contributed by atoms with Crippen molar-refractivity contribution in [1.29, 1.82) is 0 Å². The Morgan fingerprint density at radius 3 is 2.67 bits per heavy atom. The van der Waals surface area contributed by atoms with Gasteiger partial charge >= 0.3 is 0 Å². The van der Waals surface area contributed by atoms with E-state index in [1.54, 1.807) is 0 Å².